The van der Waals surface area contributed by atoms with Crippen LogP contribution in [0.2, 0.25) is 10.0 Å². The maximum atomic E-state index is 11.8. The van der Waals surface area contributed by atoms with Crippen LogP contribution in [0.1, 0.15) is 25.8 Å². The van der Waals surface area contributed by atoms with Gasteiger partial charge in [-0.05, 0) is 24.1 Å². The van der Waals surface area contributed by atoms with E-state index < -0.39 is 17.9 Å². The van der Waals surface area contributed by atoms with Crippen molar-refractivity contribution in [2.75, 3.05) is 0 Å². The number of amides is 1. The van der Waals surface area contributed by atoms with Crippen LogP contribution in [0.3, 0.4) is 0 Å². The van der Waals surface area contributed by atoms with Gasteiger partial charge in [0.05, 0.1) is 0 Å². The van der Waals surface area contributed by atoms with Crippen molar-refractivity contribution in [3.63, 3.8) is 0 Å². The SMILES string of the molecule is CCC(C)[C@H](NC(=O)C=Cc1c(Cl)cccc1Cl)C(=O)O. The average molecular weight is 330 g/mol. The van der Waals surface area contributed by atoms with Crippen LogP contribution in [-0.4, -0.2) is 23.0 Å². The molecule has 0 saturated heterocycles. The van der Waals surface area contributed by atoms with Crippen molar-refractivity contribution in [2.45, 2.75) is 26.3 Å². The first kappa shape index (κ1) is 17.5. The molecule has 0 bridgehead atoms. The molecule has 2 N–H and O–H groups in total. The summed E-state index contributed by atoms with van der Waals surface area (Å²) in [5.74, 6) is -1.72. The minimum atomic E-state index is -1.05. The summed E-state index contributed by atoms with van der Waals surface area (Å²) >= 11 is 12.0. The second-order valence-electron chi connectivity index (χ2n) is 4.68. The number of carboxylic acid groups (broad SMARTS) is 1. The van der Waals surface area contributed by atoms with E-state index in [0.717, 1.165) is 0 Å². The molecule has 0 aliphatic carbocycles. The smallest absolute Gasteiger partial charge is 0.326 e. The molecule has 1 aromatic carbocycles. The topological polar surface area (TPSA) is 66.4 Å². The number of carboxylic acids is 1. The number of carbonyl (C=O) groups excluding carboxylic acids is 1. The predicted molar refractivity (Wildman–Crippen MR) is 84.5 cm³/mol. The molecule has 1 amide bonds. The molecule has 4 nitrogen and oxygen atoms in total. The molecule has 0 saturated carbocycles. The first-order valence-corrected chi connectivity index (χ1v) is 7.27. The summed E-state index contributed by atoms with van der Waals surface area (Å²) in [5.41, 5.74) is 0.520. The van der Waals surface area contributed by atoms with Gasteiger partial charge in [0.1, 0.15) is 6.04 Å². The van der Waals surface area contributed by atoms with Crippen molar-refractivity contribution in [3.8, 4) is 0 Å². The van der Waals surface area contributed by atoms with Crippen LogP contribution in [-0.2, 0) is 9.59 Å². The van der Waals surface area contributed by atoms with E-state index in [0.29, 0.717) is 22.0 Å². The third-order valence-corrected chi connectivity index (χ3v) is 3.84. The maximum absolute atomic E-state index is 11.8. The van der Waals surface area contributed by atoms with Crippen molar-refractivity contribution in [2.24, 2.45) is 5.92 Å². The Bertz CT molecular complexity index is 538. The highest BCUT2D eigenvalue weighted by atomic mass is 35.5. The molecule has 1 aromatic rings. The fraction of sp³-hybridized carbons (Fsp3) is 0.333. The Morgan fingerprint density at radius 3 is 2.38 bits per heavy atom. The Kier molecular flexibility index (Phi) is 6.72. The third-order valence-electron chi connectivity index (χ3n) is 3.18. The van der Waals surface area contributed by atoms with Gasteiger partial charge in [-0.3, -0.25) is 4.79 Å². The van der Waals surface area contributed by atoms with Crippen LogP contribution in [0.5, 0.6) is 0 Å². The van der Waals surface area contributed by atoms with Crippen LogP contribution in [0, 0.1) is 5.92 Å². The van der Waals surface area contributed by atoms with Gasteiger partial charge in [0.25, 0.3) is 0 Å². The van der Waals surface area contributed by atoms with Gasteiger partial charge in [-0.1, -0.05) is 49.5 Å². The first-order chi connectivity index (χ1) is 9.86. The van der Waals surface area contributed by atoms with E-state index in [1.165, 1.54) is 12.2 Å². The predicted octanol–water partition coefficient (Wildman–Crippen LogP) is 3.62. The van der Waals surface area contributed by atoms with Gasteiger partial charge in [0, 0.05) is 21.7 Å². The Morgan fingerprint density at radius 2 is 1.90 bits per heavy atom. The zero-order chi connectivity index (χ0) is 16.0. The van der Waals surface area contributed by atoms with Crippen LogP contribution < -0.4 is 5.32 Å². The van der Waals surface area contributed by atoms with Gasteiger partial charge in [-0.25, -0.2) is 4.79 Å². The highest BCUT2D eigenvalue weighted by molar-refractivity contribution is 6.37. The number of carbonyl (C=O) groups is 2. The molecule has 0 heterocycles. The van der Waals surface area contributed by atoms with Crippen molar-refractivity contribution in [1.29, 1.82) is 0 Å². The molecular formula is C15H17Cl2NO3. The molecule has 0 aliphatic rings. The van der Waals surface area contributed by atoms with E-state index in [2.05, 4.69) is 5.32 Å². The molecule has 114 valence electrons. The number of halogens is 2. The molecular weight excluding hydrogens is 313 g/mol. The normalized spacial score (nSPS) is 13.9. The zero-order valence-corrected chi connectivity index (χ0v) is 13.3. The second-order valence-corrected chi connectivity index (χ2v) is 5.49. The summed E-state index contributed by atoms with van der Waals surface area (Å²) in [6.45, 7) is 3.64. The van der Waals surface area contributed by atoms with Gasteiger partial charge in [0.2, 0.25) is 5.91 Å². The maximum Gasteiger partial charge on any atom is 0.326 e. The molecule has 0 aromatic heterocycles. The number of aliphatic carboxylic acids is 1. The number of hydrogen-bond donors (Lipinski definition) is 2. The highest BCUT2D eigenvalue weighted by Gasteiger charge is 2.24. The zero-order valence-electron chi connectivity index (χ0n) is 11.8. The number of nitrogens with one attached hydrogen (secondary N) is 1. The number of rotatable bonds is 6. The fourth-order valence-electron chi connectivity index (χ4n) is 1.71. The van der Waals surface area contributed by atoms with Crippen LogP contribution in [0.4, 0.5) is 0 Å². The van der Waals surface area contributed by atoms with E-state index in [9.17, 15) is 9.59 Å². The summed E-state index contributed by atoms with van der Waals surface area (Å²) in [6.07, 6.45) is 3.35. The first-order valence-electron chi connectivity index (χ1n) is 6.52. The fourth-order valence-corrected chi connectivity index (χ4v) is 2.24. The molecule has 0 radical (unpaired) electrons. The van der Waals surface area contributed by atoms with E-state index in [-0.39, 0.29) is 5.92 Å². The molecule has 2 atom stereocenters. The standard InChI is InChI=1S/C15H17Cl2NO3/c1-3-9(2)14(15(20)21)18-13(19)8-7-10-11(16)5-4-6-12(10)17/h4-9,14H,3H2,1-2H3,(H,18,19)(H,20,21)/t9?,14-/m0/s1. The Hall–Kier alpha value is -1.52. The minimum absolute atomic E-state index is 0.163. The summed E-state index contributed by atoms with van der Waals surface area (Å²) in [4.78, 5) is 23.0. The molecule has 1 rings (SSSR count). The Labute approximate surface area is 133 Å². The van der Waals surface area contributed by atoms with Gasteiger partial charge < -0.3 is 10.4 Å². The average Bonchev–Trinajstić information content (AvgIpc) is 2.43. The van der Waals surface area contributed by atoms with Crippen LogP contribution >= 0.6 is 23.2 Å². The third kappa shape index (κ3) is 5.06. The molecule has 1 unspecified atom stereocenters. The lowest BCUT2D eigenvalue weighted by Crippen LogP contribution is -2.44. The van der Waals surface area contributed by atoms with E-state index >= 15 is 0 Å². The number of benzene rings is 1. The van der Waals surface area contributed by atoms with Crippen molar-refractivity contribution < 1.29 is 14.7 Å². The van der Waals surface area contributed by atoms with E-state index in [4.69, 9.17) is 28.3 Å². The highest BCUT2D eigenvalue weighted by Crippen LogP contribution is 2.25. The Balaban J connectivity index is 2.81. The van der Waals surface area contributed by atoms with E-state index in [1.807, 2.05) is 6.92 Å². The monoisotopic (exact) mass is 329 g/mol. The van der Waals surface area contributed by atoms with Gasteiger partial charge in [0.15, 0.2) is 0 Å². The largest absolute Gasteiger partial charge is 0.480 e. The Morgan fingerprint density at radius 1 is 1.33 bits per heavy atom. The molecule has 6 heteroatoms. The van der Waals surface area contributed by atoms with Gasteiger partial charge >= 0.3 is 5.97 Å². The molecule has 21 heavy (non-hydrogen) atoms. The van der Waals surface area contributed by atoms with Gasteiger partial charge in [-0.15, -0.1) is 0 Å². The van der Waals surface area contributed by atoms with Crippen molar-refractivity contribution in [1.82, 2.24) is 5.32 Å². The molecule has 0 fully saturated rings. The van der Waals surface area contributed by atoms with Gasteiger partial charge in [-0.2, -0.15) is 0 Å². The van der Waals surface area contributed by atoms with Crippen molar-refractivity contribution in [3.05, 3.63) is 39.9 Å². The summed E-state index contributed by atoms with van der Waals surface area (Å²) in [5, 5.41) is 12.4. The lowest BCUT2D eigenvalue weighted by atomic mass is 9.99. The minimum Gasteiger partial charge on any atom is -0.480 e. The summed E-state index contributed by atoms with van der Waals surface area (Å²) in [6, 6.07) is 4.09. The van der Waals surface area contributed by atoms with Crippen molar-refractivity contribution >= 4 is 41.2 Å². The lowest BCUT2D eigenvalue weighted by molar-refractivity contribution is -0.142. The summed E-state index contributed by atoms with van der Waals surface area (Å²) in [7, 11) is 0. The number of hydrogen-bond acceptors (Lipinski definition) is 2. The van der Waals surface area contributed by atoms with Crippen LogP contribution in [0.15, 0.2) is 24.3 Å². The second kappa shape index (κ2) is 8.05. The lowest BCUT2D eigenvalue weighted by Gasteiger charge is -2.19. The van der Waals surface area contributed by atoms with E-state index in [1.54, 1.807) is 25.1 Å². The molecule has 0 aliphatic heterocycles. The summed E-state index contributed by atoms with van der Waals surface area (Å²) < 4.78 is 0. The molecule has 0 spiro atoms. The van der Waals surface area contributed by atoms with Crippen LogP contribution in [0.25, 0.3) is 6.08 Å². The quantitative estimate of drug-likeness (QED) is 0.783.